The molecule has 0 amide bonds. The van der Waals surface area contributed by atoms with E-state index in [9.17, 15) is 5.26 Å². The van der Waals surface area contributed by atoms with E-state index in [0.717, 1.165) is 21.9 Å². The van der Waals surface area contributed by atoms with Gasteiger partial charge >= 0.3 is 0 Å². The van der Waals surface area contributed by atoms with E-state index >= 15 is 0 Å². The fraction of sp³-hybridized carbons (Fsp3) is 0.389. The Hall–Kier alpha value is -2.61. The van der Waals surface area contributed by atoms with Gasteiger partial charge in [0.05, 0.1) is 23.7 Å². The molecule has 4 rings (SSSR count). The normalized spacial score (nSPS) is 15.8. The van der Waals surface area contributed by atoms with E-state index in [1.165, 1.54) is 32.1 Å². The van der Waals surface area contributed by atoms with Gasteiger partial charge in [0.2, 0.25) is 0 Å². The van der Waals surface area contributed by atoms with Crippen LogP contribution in [0.25, 0.3) is 21.9 Å². The fourth-order valence-corrected chi connectivity index (χ4v) is 3.46. The van der Waals surface area contributed by atoms with E-state index in [2.05, 4.69) is 21.0 Å². The molecule has 0 aliphatic heterocycles. The first-order valence-corrected chi connectivity index (χ1v) is 8.15. The summed E-state index contributed by atoms with van der Waals surface area (Å²) in [6.07, 6.45) is 9.73. The summed E-state index contributed by atoms with van der Waals surface area (Å²) in [7, 11) is 0. The smallest absolute Gasteiger partial charge is 0.183 e. The van der Waals surface area contributed by atoms with Gasteiger partial charge in [-0.25, -0.2) is 9.97 Å². The maximum atomic E-state index is 9.41. The predicted octanol–water partition coefficient (Wildman–Crippen LogP) is 3.94. The maximum absolute atomic E-state index is 9.41. The van der Waals surface area contributed by atoms with Crippen molar-refractivity contribution in [2.75, 3.05) is 6.61 Å². The number of rotatable bonds is 3. The molecule has 1 fully saturated rings. The summed E-state index contributed by atoms with van der Waals surface area (Å²) in [6.45, 7) is 0.655. The molecule has 0 bridgehead atoms. The monoisotopic (exact) mass is 306 g/mol. The molecule has 1 N–H and O–H groups in total. The van der Waals surface area contributed by atoms with Crippen LogP contribution < -0.4 is 4.74 Å². The molecule has 5 heteroatoms. The van der Waals surface area contributed by atoms with E-state index in [-0.39, 0.29) is 0 Å². The number of aromatic amines is 1. The molecule has 0 atom stereocenters. The van der Waals surface area contributed by atoms with Crippen LogP contribution in [0.3, 0.4) is 0 Å². The summed E-state index contributed by atoms with van der Waals surface area (Å²) < 4.78 is 6.11. The van der Waals surface area contributed by atoms with Gasteiger partial charge < -0.3 is 9.72 Å². The number of nitrogens with zero attached hydrogens (tertiary/aromatic N) is 3. The lowest BCUT2D eigenvalue weighted by molar-refractivity contribution is 0.210. The average Bonchev–Trinajstić information content (AvgIpc) is 2.99. The van der Waals surface area contributed by atoms with Crippen molar-refractivity contribution in [2.24, 2.45) is 5.92 Å². The third-order valence-electron chi connectivity index (χ3n) is 4.66. The lowest BCUT2D eigenvalue weighted by Crippen LogP contribution is -2.16. The van der Waals surface area contributed by atoms with E-state index in [1.54, 1.807) is 12.4 Å². The number of nitrogens with one attached hydrogen (secondary N) is 1. The molecule has 0 unspecified atom stereocenters. The summed E-state index contributed by atoms with van der Waals surface area (Å²) in [4.78, 5) is 11.8. The predicted molar refractivity (Wildman–Crippen MR) is 88.2 cm³/mol. The molecular formula is C18H18N4O. The van der Waals surface area contributed by atoms with Gasteiger partial charge in [-0.15, -0.1) is 0 Å². The van der Waals surface area contributed by atoms with Crippen molar-refractivity contribution in [1.29, 1.82) is 5.26 Å². The van der Waals surface area contributed by atoms with Crippen molar-refractivity contribution in [3.8, 4) is 11.8 Å². The molecule has 3 aromatic rings. The molecule has 1 aliphatic rings. The fourth-order valence-electron chi connectivity index (χ4n) is 3.46. The number of hydrogen-bond acceptors (Lipinski definition) is 4. The summed E-state index contributed by atoms with van der Waals surface area (Å²) >= 11 is 0. The third-order valence-corrected chi connectivity index (χ3v) is 4.66. The molecule has 1 saturated carbocycles. The number of hydrogen-bond donors (Lipinski definition) is 1. The molecule has 23 heavy (non-hydrogen) atoms. The lowest BCUT2D eigenvalue weighted by Gasteiger charge is -2.22. The van der Waals surface area contributed by atoms with Crippen LogP contribution >= 0.6 is 0 Å². The van der Waals surface area contributed by atoms with Gasteiger partial charge in [0, 0.05) is 11.6 Å². The Kier molecular flexibility index (Phi) is 3.58. The Bertz CT molecular complexity index is 887. The third kappa shape index (κ3) is 2.50. The second-order valence-corrected chi connectivity index (χ2v) is 6.18. The quantitative estimate of drug-likeness (QED) is 0.795. The highest BCUT2D eigenvalue weighted by Crippen LogP contribution is 2.35. The Morgan fingerprint density at radius 3 is 2.96 bits per heavy atom. The van der Waals surface area contributed by atoms with E-state index < -0.39 is 0 Å². The molecule has 0 aromatic carbocycles. The second-order valence-electron chi connectivity index (χ2n) is 6.18. The molecule has 3 heterocycles. The number of nitriles is 1. The summed E-state index contributed by atoms with van der Waals surface area (Å²) in [5, 5.41) is 11.3. The minimum atomic E-state index is 0.345. The van der Waals surface area contributed by atoms with Crippen LogP contribution in [0.2, 0.25) is 0 Å². The van der Waals surface area contributed by atoms with E-state index in [4.69, 9.17) is 4.74 Å². The van der Waals surface area contributed by atoms with Crippen molar-refractivity contribution in [2.45, 2.75) is 32.1 Å². The van der Waals surface area contributed by atoms with Gasteiger partial charge in [-0.3, -0.25) is 0 Å². The summed E-state index contributed by atoms with van der Waals surface area (Å²) in [6, 6.07) is 6.05. The Labute approximate surface area is 134 Å². The summed E-state index contributed by atoms with van der Waals surface area (Å²) in [5.41, 5.74) is 2.00. The minimum absolute atomic E-state index is 0.345. The highest BCUT2D eigenvalue weighted by atomic mass is 16.5. The zero-order valence-electron chi connectivity index (χ0n) is 12.9. The highest BCUT2D eigenvalue weighted by Gasteiger charge is 2.19. The standard InChI is InChI=1S/C18H18N4O/c19-9-14-17(23-11-12-5-2-1-3-6-12)16-13-7-4-8-20-18(13)22-15(16)10-21-14/h4,7-8,10,12H,1-3,5-6,11H2,(H,20,22). The Morgan fingerprint density at radius 2 is 2.13 bits per heavy atom. The van der Waals surface area contributed by atoms with Crippen LogP contribution in [0.1, 0.15) is 37.8 Å². The maximum Gasteiger partial charge on any atom is 0.183 e. The molecule has 5 nitrogen and oxygen atoms in total. The highest BCUT2D eigenvalue weighted by molar-refractivity contribution is 6.09. The van der Waals surface area contributed by atoms with E-state index in [0.29, 0.717) is 24.0 Å². The molecule has 0 saturated heterocycles. The van der Waals surface area contributed by atoms with Gasteiger partial charge in [0.15, 0.2) is 11.4 Å². The molecular weight excluding hydrogens is 288 g/mol. The van der Waals surface area contributed by atoms with Crippen LogP contribution in [-0.4, -0.2) is 21.6 Å². The first-order valence-electron chi connectivity index (χ1n) is 8.15. The van der Waals surface area contributed by atoms with Crippen LogP contribution in [-0.2, 0) is 0 Å². The van der Waals surface area contributed by atoms with Gasteiger partial charge in [-0.05, 0) is 30.9 Å². The second kappa shape index (κ2) is 5.88. The molecule has 116 valence electrons. The molecule has 0 radical (unpaired) electrons. The number of aromatic nitrogens is 3. The number of ether oxygens (including phenoxy) is 1. The zero-order chi connectivity index (χ0) is 15.6. The average molecular weight is 306 g/mol. The number of fused-ring (bicyclic) bond motifs is 3. The largest absolute Gasteiger partial charge is 0.490 e. The van der Waals surface area contributed by atoms with Crippen LogP contribution in [0.15, 0.2) is 24.5 Å². The first-order chi connectivity index (χ1) is 11.4. The SMILES string of the molecule is N#Cc1ncc2[nH]c3ncccc3c2c1OCC1CCCCC1. The topological polar surface area (TPSA) is 74.6 Å². The van der Waals surface area contributed by atoms with Gasteiger partial charge in [0.1, 0.15) is 11.7 Å². The number of pyridine rings is 2. The van der Waals surface area contributed by atoms with Crippen molar-refractivity contribution in [3.63, 3.8) is 0 Å². The number of H-pyrrole nitrogens is 1. The molecule has 1 aliphatic carbocycles. The first kappa shape index (κ1) is 14.0. The lowest BCUT2D eigenvalue weighted by atomic mass is 9.90. The van der Waals surface area contributed by atoms with Crippen LogP contribution in [0.4, 0.5) is 0 Å². The molecule has 3 aromatic heterocycles. The van der Waals surface area contributed by atoms with Crippen molar-refractivity contribution < 1.29 is 4.74 Å². The van der Waals surface area contributed by atoms with Crippen molar-refractivity contribution >= 4 is 21.9 Å². The van der Waals surface area contributed by atoms with Crippen molar-refractivity contribution in [1.82, 2.24) is 15.0 Å². The Morgan fingerprint density at radius 1 is 1.26 bits per heavy atom. The Balaban J connectivity index is 1.77. The zero-order valence-corrected chi connectivity index (χ0v) is 12.9. The minimum Gasteiger partial charge on any atom is -0.490 e. The van der Waals surface area contributed by atoms with Gasteiger partial charge in [-0.2, -0.15) is 5.26 Å². The van der Waals surface area contributed by atoms with Gasteiger partial charge in [-0.1, -0.05) is 19.3 Å². The van der Waals surface area contributed by atoms with Crippen molar-refractivity contribution in [3.05, 3.63) is 30.2 Å². The summed E-state index contributed by atoms with van der Waals surface area (Å²) in [5.74, 6) is 1.17. The molecule has 0 spiro atoms. The van der Waals surface area contributed by atoms with E-state index in [1.807, 2.05) is 12.1 Å². The van der Waals surface area contributed by atoms with Gasteiger partial charge in [0.25, 0.3) is 0 Å². The van der Waals surface area contributed by atoms with Crippen LogP contribution in [0.5, 0.6) is 5.75 Å². The van der Waals surface area contributed by atoms with Crippen LogP contribution in [0, 0.1) is 17.2 Å².